The van der Waals surface area contributed by atoms with Crippen molar-refractivity contribution in [3.05, 3.63) is 59.7 Å². The van der Waals surface area contributed by atoms with Gasteiger partial charge in [-0.3, -0.25) is 9.59 Å². The number of nitrogens with one attached hydrogen (secondary N) is 1. The molecular weight excluding hydrogens is 328 g/mol. The number of hydrogen-bond acceptors (Lipinski definition) is 3. The number of amides is 2. The molecule has 0 aliphatic rings. The van der Waals surface area contributed by atoms with Gasteiger partial charge in [0.25, 0.3) is 5.91 Å². The van der Waals surface area contributed by atoms with Crippen LogP contribution in [-0.2, 0) is 11.2 Å². The Hall–Kier alpha value is -2.82. The molecule has 0 aliphatic heterocycles. The Morgan fingerprint density at radius 3 is 2.58 bits per heavy atom. The highest BCUT2D eigenvalue weighted by atomic mass is 16.5. The van der Waals surface area contributed by atoms with E-state index >= 15 is 0 Å². The third-order valence-electron chi connectivity index (χ3n) is 3.90. The van der Waals surface area contributed by atoms with E-state index in [1.165, 1.54) is 0 Å². The van der Waals surface area contributed by atoms with Crippen LogP contribution in [0.5, 0.6) is 5.75 Å². The summed E-state index contributed by atoms with van der Waals surface area (Å²) in [5.74, 6) is 0.458. The van der Waals surface area contributed by atoms with Crippen LogP contribution in [0.4, 0.5) is 5.69 Å². The minimum absolute atomic E-state index is 0.0847. The zero-order valence-electron chi connectivity index (χ0n) is 15.6. The molecule has 0 heterocycles. The van der Waals surface area contributed by atoms with E-state index in [9.17, 15) is 9.59 Å². The number of rotatable bonds is 8. The molecule has 2 aromatic rings. The maximum Gasteiger partial charge on any atom is 0.259 e. The van der Waals surface area contributed by atoms with Crippen molar-refractivity contribution in [2.45, 2.75) is 26.2 Å². The highest BCUT2D eigenvalue weighted by Crippen LogP contribution is 2.20. The van der Waals surface area contributed by atoms with Gasteiger partial charge in [-0.2, -0.15) is 0 Å². The lowest BCUT2D eigenvalue weighted by atomic mass is 10.1. The lowest BCUT2D eigenvalue weighted by molar-refractivity contribution is -0.128. The van der Waals surface area contributed by atoms with Crippen molar-refractivity contribution >= 4 is 17.5 Å². The minimum atomic E-state index is -0.210. The van der Waals surface area contributed by atoms with E-state index in [0.717, 1.165) is 12.0 Å². The fourth-order valence-electron chi connectivity index (χ4n) is 2.47. The van der Waals surface area contributed by atoms with Gasteiger partial charge in [-0.05, 0) is 42.7 Å². The van der Waals surface area contributed by atoms with Crippen LogP contribution in [0.1, 0.15) is 35.7 Å². The fourth-order valence-corrected chi connectivity index (χ4v) is 2.47. The van der Waals surface area contributed by atoms with Gasteiger partial charge in [-0.25, -0.2) is 0 Å². The van der Waals surface area contributed by atoms with E-state index in [-0.39, 0.29) is 11.8 Å². The summed E-state index contributed by atoms with van der Waals surface area (Å²) in [5, 5.41) is 2.91. The Kier molecular flexibility index (Phi) is 7.21. The second-order valence-electron chi connectivity index (χ2n) is 6.29. The molecule has 0 bridgehead atoms. The number of benzene rings is 2. The molecule has 0 spiro atoms. The number of para-hydroxylation sites is 1. The van der Waals surface area contributed by atoms with Gasteiger partial charge < -0.3 is 15.0 Å². The Labute approximate surface area is 155 Å². The average Bonchev–Trinajstić information content (AvgIpc) is 2.64. The summed E-state index contributed by atoms with van der Waals surface area (Å²) in [6.07, 6.45) is 1.96. The maximum absolute atomic E-state index is 12.6. The Morgan fingerprint density at radius 2 is 1.85 bits per heavy atom. The van der Waals surface area contributed by atoms with Crippen LogP contribution in [0.3, 0.4) is 0 Å². The summed E-state index contributed by atoms with van der Waals surface area (Å²) < 4.78 is 5.65. The first-order chi connectivity index (χ1) is 12.5. The molecule has 5 nitrogen and oxygen atoms in total. The number of hydrogen-bond donors (Lipinski definition) is 1. The standard InChI is InChI=1S/C21H26N2O3/c1-4-14-26-19-11-6-5-10-18(19)21(25)22-17-9-7-8-16(15-17)12-13-20(24)23(2)3/h5-11,15H,4,12-14H2,1-3H3,(H,22,25). The normalized spacial score (nSPS) is 10.3. The third kappa shape index (κ3) is 5.62. The van der Waals surface area contributed by atoms with Gasteiger partial charge >= 0.3 is 0 Å². The van der Waals surface area contributed by atoms with Crippen LogP contribution in [0.25, 0.3) is 0 Å². The monoisotopic (exact) mass is 354 g/mol. The smallest absolute Gasteiger partial charge is 0.259 e. The van der Waals surface area contributed by atoms with E-state index in [4.69, 9.17) is 4.74 Å². The summed E-state index contributed by atoms with van der Waals surface area (Å²) >= 11 is 0. The van der Waals surface area contributed by atoms with Crippen LogP contribution in [0.15, 0.2) is 48.5 Å². The molecule has 2 aromatic carbocycles. The first kappa shape index (κ1) is 19.5. The van der Waals surface area contributed by atoms with Crippen molar-refractivity contribution < 1.29 is 14.3 Å². The molecule has 0 unspecified atom stereocenters. The van der Waals surface area contributed by atoms with Gasteiger partial charge in [0.2, 0.25) is 5.91 Å². The summed E-state index contributed by atoms with van der Waals surface area (Å²) in [7, 11) is 3.49. The number of carbonyl (C=O) groups excluding carboxylic acids is 2. The second kappa shape index (κ2) is 9.61. The highest BCUT2D eigenvalue weighted by Gasteiger charge is 2.12. The number of carbonyl (C=O) groups is 2. The van der Waals surface area contributed by atoms with Crippen LogP contribution in [0, 0.1) is 0 Å². The first-order valence-corrected chi connectivity index (χ1v) is 8.83. The van der Waals surface area contributed by atoms with Gasteiger partial charge in [0.15, 0.2) is 0 Å². The lowest BCUT2D eigenvalue weighted by Crippen LogP contribution is -2.21. The third-order valence-corrected chi connectivity index (χ3v) is 3.90. The Bertz CT molecular complexity index is 756. The Balaban J connectivity index is 2.05. The molecule has 2 amide bonds. The van der Waals surface area contributed by atoms with Gasteiger partial charge in [0, 0.05) is 26.2 Å². The van der Waals surface area contributed by atoms with Gasteiger partial charge in [-0.15, -0.1) is 0 Å². The van der Waals surface area contributed by atoms with Crippen LogP contribution in [-0.4, -0.2) is 37.4 Å². The number of aryl methyl sites for hydroxylation is 1. The SMILES string of the molecule is CCCOc1ccccc1C(=O)Nc1cccc(CCC(=O)N(C)C)c1. The van der Waals surface area contributed by atoms with Crippen molar-refractivity contribution in [3.8, 4) is 5.75 Å². The number of anilines is 1. The predicted octanol–water partition coefficient (Wildman–Crippen LogP) is 3.75. The summed E-state index contributed by atoms with van der Waals surface area (Å²) in [4.78, 5) is 25.9. The molecule has 0 aromatic heterocycles. The molecule has 0 atom stereocenters. The largest absolute Gasteiger partial charge is 0.493 e. The summed E-state index contributed by atoms with van der Waals surface area (Å²) in [6.45, 7) is 2.59. The number of nitrogens with zero attached hydrogens (tertiary/aromatic N) is 1. The summed E-state index contributed by atoms with van der Waals surface area (Å²) in [6, 6.07) is 14.8. The Morgan fingerprint density at radius 1 is 1.08 bits per heavy atom. The van der Waals surface area contributed by atoms with Gasteiger partial charge in [0.05, 0.1) is 12.2 Å². The highest BCUT2D eigenvalue weighted by molar-refractivity contribution is 6.06. The van der Waals surface area contributed by atoms with Crippen molar-refractivity contribution in [2.24, 2.45) is 0 Å². The molecule has 26 heavy (non-hydrogen) atoms. The van der Waals surface area contributed by atoms with Crippen LogP contribution < -0.4 is 10.1 Å². The fraction of sp³-hybridized carbons (Fsp3) is 0.333. The van der Waals surface area contributed by atoms with E-state index in [1.54, 1.807) is 31.1 Å². The quantitative estimate of drug-likeness (QED) is 0.785. The van der Waals surface area contributed by atoms with Crippen molar-refractivity contribution in [2.75, 3.05) is 26.0 Å². The maximum atomic E-state index is 12.6. The second-order valence-corrected chi connectivity index (χ2v) is 6.29. The topological polar surface area (TPSA) is 58.6 Å². The molecule has 0 saturated carbocycles. The lowest BCUT2D eigenvalue weighted by Gasteiger charge is -2.12. The zero-order valence-corrected chi connectivity index (χ0v) is 15.6. The van der Waals surface area contributed by atoms with Crippen LogP contribution in [0.2, 0.25) is 0 Å². The summed E-state index contributed by atoms with van der Waals surface area (Å²) in [5.41, 5.74) is 2.22. The van der Waals surface area contributed by atoms with Crippen molar-refractivity contribution in [1.29, 1.82) is 0 Å². The first-order valence-electron chi connectivity index (χ1n) is 8.83. The zero-order chi connectivity index (χ0) is 18.9. The predicted molar refractivity (Wildman–Crippen MR) is 104 cm³/mol. The number of ether oxygens (including phenoxy) is 1. The minimum Gasteiger partial charge on any atom is -0.493 e. The molecule has 138 valence electrons. The van der Waals surface area contributed by atoms with Crippen molar-refractivity contribution in [3.63, 3.8) is 0 Å². The molecule has 0 aliphatic carbocycles. The van der Waals surface area contributed by atoms with E-state index in [1.807, 2.05) is 43.3 Å². The molecule has 0 radical (unpaired) electrons. The molecule has 1 N–H and O–H groups in total. The van der Waals surface area contributed by atoms with Gasteiger partial charge in [-0.1, -0.05) is 31.2 Å². The molecular formula is C21H26N2O3. The molecule has 5 heteroatoms. The molecule has 2 rings (SSSR count). The molecule has 0 fully saturated rings. The van der Waals surface area contributed by atoms with E-state index < -0.39 is 0 Å². The average molecular weight is 354 g/mol. The van der Waals surface area contributed by atoms with E-state index in [0.29, 0.717) is 36.4 Å². The van der Waals surface area contributed by atoms with Gasteiger partial charge in [0.1, 0.15) is 5.75 Å². The van der Waals surface area contributed by atoms with E-state index in [2.05, 4.69) is 5.32 Å². The van der Waals surface area contributed by atoms with Crippen LogP contribution >= 0.6 is 0 Å². The molecule has 0 saturated heterocycles. The van der Waals surface area contributed by atoms with Crippen molar-refractivity contribution in [1.82, 2.24) is 4.90 Å².